The number of aromatic hydroxyl groups is 1. The number of halogens is 1. The molecule has 0 atom stereocenters. The van der Waals surface area contributed by atoms with E-state index in [2.05, 4.69) is 11.8 Å². The van der Waals surface area contributed by atoms with Gasteiger partial charge >= 0.3 is 0 Å². The highest BCUT2D eigenvalue weighted by Crippen LogP contribution is 2.35. The highest BCUT2D eigenvalue weighted by molar-refractivity contribution is 6.32. The minimum Gasteiger partial charge on any atom is -0.506 e. The fourth-order valence-electron chi connectivity index (χ4n) is 2.74. The molecule has 19 heavy (non-hydrogen) atoms. The van der Waals surface area contributed by atoms with Crippen LogP contribution in [0.4, 0.5) is 0 Å². The summed E-state index contributed by atoms with van der Waals surface area (Å²) in [5.41, 5.74) is 0.980. The van der Waals surface area contributed by atoms with Crippen molar-refractivity contribution in [2.75, 3.05) is 19.7 Å². The van der Waals surface area contributed by atoms with Crippen LogP contribution in [0.1, 0.15) is 31.7 Å². The number of rotatable bonds is 4. The maximum Gasteiger partial charge on any atom is 0.138 e. The van der Waals surface area contributed by atoms with Gasteiger partial charge in [-0.2, -0.15) is 0 Å². The Kier molecular flexibility index (Phi) is 4.71. The quantitative estimate of drug-likeness (QED) is 0.893. The van der Waals surface area contributed by atoms with Crippen molar-refractivity contribution in [2.45, 2.75) is 32.7 Å². The molecule has 1 aliphatic heterocycles. The first kappa shape index (κ1) is 14.6. The number of para-hydroxylation sites is 1. The molecule has 1 aromatic rings. The second kappa shape index (κ2) is 6.12. The Morgan fingerprint density at radius 1 is 1.32 bits per heavy atom. The fraction of sp³-hybridized carbons (Fsp3) is 0.600. The van der Waals surface area contributed by atoms with Crippen LogP contribution in [0.25, 0.3) is 0 Å². The van der Waals surface area contributed by atoms with E-state index in [1.165, 1.54) is 0 Å². The number of phenolic OH excluding ortho intramolecular Hbond substituents is 1. The zero-order valence-electron chi connectivity index (χ0n) is 11.4. The van der Waals surface area contributed by atoms with Gasteiger partial charge in [0.05, 0.1) is 5.02 Å². The number of hydrogen-bond donors (Lipinski definition) is 2. The van der Waals surface area contributed by atoms with Gasteiger partial charge in [-0.1, -0.05) is 30.7 Å². The third kappa shape index (κ3) is 3.22. The van der Waals surface area contributed by atoms with Crippen LogP contribution in [0.15, 0.2) is 18.2 Å². The van der Waals surface area contributed by atoms with Crippen molar-refractivity contribution in [1.29, 1.82) is 0 Å². The Labute approximate surface area is 119 Å². The fourth-order valence-corrected chi connectivity index (χ4v) is 2.93. The summed E-state index contributed by atoms with van der Waals surface area (Å²) in [6.45, 7) is 5.06. The highest BCUT2D eigenvalue weighted by atomic mass is 35.5. The molecule has 0 radical (unpaired) electrons. The minimum absolute atomic E-state index is 0.104. The van der Waals surface area contributed by atoms with E-state index in [9.17, 15) is 10.2 Å². The van der Waals surface area contributed by atoms with Crippen molar-refractivity contribution in [3.63, 3.8) is 0 Å². The van der Waals surface area contributed by atoms with Crippen LogP contribution in [-0.4, -0.2) is 34.8 Å². The topological polar surface area (TPSA) is 43.7 Å². The smallest absolute Gasteiger partial charge is 0.138 e. The molecule has 3 nitrogen and oxygen atoms in total. The van der Waals surface area contributed by atoms with Gasteiger partial charge in [0.2, 0.25) is 0 Å². The first-order chi connectivity index (χ1) is 9.10. The number of likely N-dealkylation sites (tertiary alicyclic amines) is 1. The van der Waals surface area contributed by atoms with Crippen molar-refractivity contribution < 1.29 is 10.2 Å². The van der Waals surface area contributed by atoms with Crippen molar-refractivity contribution in [2.24, 2.45) is 5.41 Å². The number of hydrogen-bond acceptors (Lipinski definition) is 3. The Morgan fingerprint density at radius 3 is 2.58 bits per heavy atom. The Morgan fingerprint density at radius 2 is 2.00 bits per heavy atom. The lowest BCUT2D eigenvalue weighted by molar-refractivity contribution is 0.0380. The van der Waals surface area contributed by atoms with E-state index in [0.29, 0.717) is 5.02 Å². The molecule has 1 aliphatic rings. The van der Waals surface area contributed by atoms with Crippen LogP contribution in [0.5, 0.6) is 5.75 Å². The molecular weight excluding hydrogens is 262 g/mol. The van der Waals surface area contributed by atoms with Crippen LogP contribution in [0.2, 0.25) is 5.02 Å². The third-order valence-corrected chi connectivity index (χ3v) is 4.77. The summed E-state index contributed by atoms with van der Waals surface area (Å²) in [5, 5.41) is 19.9. The molecule has 0 aromatic heterocycles. The summed E-state index contributed by atoms with van der Waals surface area (Å²) in [5.74, 6) is 0.193. The first-order valence-corrected chi connectivity index (χ1v) is 7.27. The number of aliphatic hydroxyl groups is 1. The number of aliphatic hydroxyl groups excluding tert-OH is 1. The highest BCUT2D eigenvalue weighted by Gasteiger charge is 2.32. The molecule has 0 amide bonds. The zero-order chi connectivity index (χ0) is 13.9. The number of phenols is 1. The van der Waals surface area contributed by atoms with Gasteiger partial charge in [-0.25, -0.2) is 0 Å². The monoisotopic (exact) mass is 283 g/mol. The molecule has 0 saturated carbocycles. The average molecular weight is 284 g/mol. The lowest BCUT2D eigenvalue weighted by Gasteiger charge is -2.40. The molecule has 1 fully saturated rings. The van der Waals surface area contributed by atoms with Crippen molar-refractivity contribution in [3.8, 4) is 5.75 Å². The summed E-state index contributed by atoms with van der Waals surface area (Å²) >= 11 is 5.92. The van der Waals surface area contributed by atoms with E-state index < -0.39 is 0 Å². The lowest BCUT2D eigenvalue weighted by atomic mass is 9.77. The normalized spacial score (nSPS) is 19.5. The second-order valence-corrected chi connectivity index (χ2v) is 5.94. The molecule has 2 N–H and O–H groups in total. The molecule has 2 rings (SSSR count). The summed E-state index contributed by atoms with van der Waals surface area (Å²) < 4.78 is 0. The summed E-state index contributed by atoms with van der Waals surface area (Å²) in [6.07, 6.45) is 3.06. The predicted octanol–water partition coefficient (Wildman–Crippen LogP) is 3.03. The van der Waals surface area contributed by atoms with Crippen molar-refractivity contribution in [1.82, 2.24) is 4.90 Å². The van der Waals surface area contributed by atoms with Gasteiger partial charge in [0.1, 0.15) is 5.75 Å². The van der Waals surface area contributed by atoms with Crippen molar-refractivity contribution in [3.05, 3.63) is 28.8 Å². The van der Waals surface area contributed by atoms with E-state index in [0.717, 1.165) is 44.5 Å². The van der Waals surface area contributed by atoms with Gasteiger partial charge in [0.25, 0.3) is 0 Å². The minimum atomic E-state index is 0.104. The van der Waals surface area contributed by atoms with Gasteiger partial charge in [0, 0.05) is 18.7 Å². The average Bonchev–Trinajstić information content (AvgIpc) is 2.45. The summed E-state index contributed by atoms with van der Waals surface area (Å²) in [4.78, 5) is 2.31. The zero-order valence-corrected chi connectivity index (χ0v) is 12.2. The second-order valence-electron chi connectivity index (χ2n) is 5.54. The van der Waals surface area contributed by atoms with E-state index in [1.807, 2.05) is 12.1 Å². The summed E-state index contributed by atoms with van der Waals surface area (Å²) in [7, 11) is 0. The van der Waals surface area contributed by atoms with E-state index in [-0.39, 0.29) is 17.8 Å². The van der Waals surface area contributed by atoms with Gasteiger partial charge in [-0.05, 0) is 43.8 Å². The van der Waals surface area contributed by atoms with E-state index in [4.69, 9.17) is 11.6 Å². The van der Waals surface area contributed by atoms with E-state index in [1.54, 1.807) is 6.07 Å². The maximum absolute atomic E-state index is 9.92. The molecule has 0 spiro atoms. The Hall–Kier alpha value is -0.770. The summed E-state index contributed by atoms with van der Waals surface area (Å²) in [6, 6.07) is 5.48. The molecule has 0 unspecified atom stereocenters. The molecule has 106 valence electrons. The van der Waals surface area contributed by atoms with Crippen LogP contribution < -0.4 is 0 Å². The predicted molar refractivity (Wildman–Crippen MR) is 77.4 cm³/mol. The van der Waals surface area contributed by atoms with Gasteiger partial charge < -0.3 is 10.2 Å². The number of benzene rings is 1. The number of nitrogens with zero attached hydrogens (tertiary/aromatic N) is 1. The molecule has 1 heterocycles. The van der Waals surface area contributed by atoms with Gasteiger partial charge in [-0.15, -0.1) is 0 Å². The molecule has 4 heteroatoms. The maximum atomic E-state index is 9.92. The van der Waals surface area contributed by atoms with Gasteiger partial charge in [-0.3, -0.25) is 4.90 Å². The Balaban J connectivity index is 1.98. The third-order valence-electron chi connectivity index (χ3n) is 4.47. The van der Waals surface area contributed by atoms with Gasteiger partial charge in [0.15, 0.2) is 0 Å². The standard InChI is InChI=1S/C15H22ClNO2/c1-2-15(11-18)6-8-17(9-7-15)10-12-4-3-5-13(16)14(12)19/h3-5,18-19H,2,6-11H2,1H3. The van der Waals surface area contributed by atoms with Crippen LogP contribution in [0.3, 0.4) is 0 Å². The van der Waals surface area contributed by atoms with Crippen LogP contribution in [-0.2, 0) is 6.54 Å². The Bertz CT molecular complexity index is 422. The SMILES string of the molecule is CCC1(CO)CCN(Cc2cccc(Cl)c2O)CC1. The van der Waals surface area contributed by atoms with Crippen molar-refractivity contribution >= 4 is 11.6 Å². The molecular formula is C15H22ClNO2. The van der Waals surface area contributed by atoms with Crippen LogP contribution in [0, 0.1) is 5.41 Å². The lowest BCUT2D eigenvalue weighted by Crippen LogP contribution is -2.41. The molecule has 0 aliphatic carbocycles. The number of piperidine rings is 1. The van der Waals surface area contributed by atoms with Crippen LogP contribution >= 0.6 is 11.6 Å². The molecule has 1 saturated heterocycles. The molecule has 0 bridgehead atoms. The largest absolute Gasteiger partial charge is 0.506 e. The van der Waals surface area contributed by atoms with E-state index >= 15 is 0 Å². The first-order valence-electron chi connectivity index (χ1n) is 6.90. The molecule has 1 aromatic carbocycles.